The van der Waals surface area contributed by atoms with Gasteiger partial charge in [-0.2, -0.15) is 0 Å². The van der Waals surface area contributed by atoms with Crippen LogP contribution in [0.5, 0.6) is 0 Å². The minimum Gasteiger partial charge on any atom is -0.302 e. The molecule has 1 aromatic heterocycles. The highest BCUT2D eigenvalue weighted by molar-refractivity contribution is 5.19. The van der Waals surface area contributed by atoms with E-state index in [2.05, 4.69) is 54.1 Å². The molecular formula is C17H20N2. The highest BCUT2D eigenvalue weighted by Crippen LogP contribution is 2.20. The highest BCUT2D eigenvalue weighted by Gasteiger charge is 2.14. The molecular weight excluding hydrogens is 232 g/mol. The number of hydrogen-bond acceptors (Lipinski definition) is 2. The molecule has 1 heterocycles. The Kier molecular flexibility index (Phi) is 4.87. The Morgan fingerprint density at radius 3 is 2.53 bits per heavy atom. The molecule has 2 aromatic rings. The lowest BCUT2D eigenvalue weighted by Crippen LogP contribution is -2.25. The summed E-state index contributed by atoms with van der Waals surface area (Å²) in [5.74, 6) is 0. The Balaban J connectivity index is 2.11. The molecule has 0 unspecified atom stereocenters. The highest BCUT2D eigenvalue weighted by atomic mass is 15.0. The van der Waals surface area contributed by atoms with Crippen LogP contribution in [0.2, 0.25) is 0 Å². The van der Waals surface area contributed by atoms with Crippen molar-refractivity contribution < 1.29 is 0 Å². The molecule has 0 amide bonds. The summed E-state index contributed by atoms with van der Waals surface area (Å²) in [6.45, 7) is 6.01. The number of benzene rings is 1. The normalized spacial score (nSPS) is 13.7. The molecule has 2 nitrogen and oxygen atoms in total. The first kappa shape index (κ1) is 13.5. The van der Waals surface area contributed by atoms with Gasteiger partial charge < -0.3 is 5.32 Å². The molecule has 1 N–H and O–H groups in total. The van der Waals surface area contributed by atoms with Gasteiger partial charge in [-0.25, -0.2) is 0 Å². The van der Waals surface area contributed by atoms with Crippen LogP contribution in [-0.4, -0.2) is 4.98 Å². The molecule has 19 heavy (non-hydrogen) atoms. The van der Waals surface area contributed by atoms with Gasteiger partial charge in [-0.05, 0) is 31.0 Å². The Hall–Kier alpha value is -1.93. The Labute approximate surface area is 115 Å². The van der Waals surface area contributed by atoms with Gasteiger partial charge in [0.15, 0.2) is 0 Å². The summed E-state index contributed by atoms with van der Waals surface area (Å²) < 4.78 is 0. The summed E-state index contributed by atoms with van der Waals surface area (Å²) in [7, 11) is 0. The second kappa shape index (κ2) is 6.86. The van der Waals surface area contributed by atoms with Crippen LogP contribution < -0.4 is 5.32 Å². The third-order valence-electron chi connectivity index (χ3n) is 3.20. The van der Waals surface area contributed by atoms with Crippen molar-refractivity contribution in [2.24, 2.45) is 0 Å². The molecule has 0 aliphatic carbocycles. The standard InChI is InChI=1S/C17H20N2/c1-3-9-17(16-12-7-8-13-18-16)19-14(2)15-10-5-4-6-11-15/h3-8,10-14,17,19H,1,9H2,2H3/t14-,17+/m0/s1. The number of nitrogens with one attached hydrogen (secondary N) is 1. The summed E-state index contributed by atoms with van der Waals surface area (Å²) in [4.78, 5) is 4.43. The number of aromatic nitrogens is 1. The fraction of sp³-hybridized carbons (Fsp3) is 0.235. The molecule has 0 bridgehead atoms. The van der Waals surface area contributed by atoms with Gasteiger partial charge in [0.25, 0.3) is 0 Å². The van der Waals surface area contributed by atoms with E-state index in [1.807, 2.05) is 30.5 Å². The van der Waals surface area contributed by atoms with Gasteiger partial charge in [0, 0.05) is 12.2 Å². The zero-order chi connectivity index (χ0) is 13.5. The van der Waals surface area contributed by atoms with Crippen LogP contribution in [0, 0.1) is 0 Å². The van der Waals surface area contributed by atoms with E-state index >= 15 is 0 Å². The van der Waals surface area contributed by atoms with E-state index in [1.54, 1.807) is 0 Å². The molecule has 0 aliphatic heterocycles. The zero-order valence-corrected chi connectivity index (χ0v) is 11.3. The molecule has 98 valence electrons. The van der Waals surface area contributed by atoms with Gasteiger partial charge in [-0.1, -0.05) is 42.5 Å². The Morgan fingerprint density at radius 1 is 1.16 bits per heavy atom. The first-order chi connectivity index (χ1) is 9.31. The van der Waals surface area contributed by atoms with E-state index < -0.39 is 0 Å². The van der Waals surface area contributed by atoms with E-state index in [0.717, 1.165) is 12.1 Å². The smallest absolute Gasteiger partial charge is 0.0576 e. The predicted octanol–water partition coefficient (Wildman–Crippen LogP) is 4.05. The third-order valence-corrected chi connectivity index (χ3v) is 3.20. The van der Waals surface area contributed by atoms with Crippen molar-refractivity contribution in [3.8, 4) is 0 Å². The Bertz CT molecular complexity index is 493. The maximum absolute atomic E-state index is 4.43. The van der Waals surface area contributed by atoms with Gasteiger partial charge in [-0.3, -0.25) is 4.98 Å². The lowest BCUT2D eigenvalue weighted by Gasteiger charge is -2.22. The number of rotatable bonds is 6. The van der Waals surface area contributed by atoms with E-state index in [4.69, 9.17) is 0 Å². The summed E-state index contributed by atoms with van der Waals surface area (Å²) in [6, 6.07) is 17.0. The maximum Gasteiger partial charge on any atom is 0.0576 e. The van der Waals surface area contributed by atoms with Crippen molar-refractivity contribution >= 4 is 0 Å². The van der Waals surface area contributed by atoms with Crippen molar-refractivity contribution in [1.82, 2.24) is 10.3 Å². The molecule has 0 saturated carbocycles. The lowest BCUT2D eigenvalue weighted by atomic mass is 10.0. The van der Waals surface area contributed by atoms with Gasteiger partial charge in [0.1, 0.15) is 0 Å². The number of nitrogens with zero attached hydrogens (tertiary/aromatic N) is 1. The Morgan fingerprint density at radius 2 is 1.89 bits per heavy atom. The van der Waals surface area contributed by atoms with Gasteiger partial charge in [-0.15, -0.1) is 6.58 Å². The first-order valence-corrected chi connectivity index (χ1v) is 6.64. The number of pyridine rings is 1. The molecule has 0 saturated heterocycles. The summed E-state index contributed by atoms with van der Waals surface area (Å²) >= 11 is 0. The zero-order valence-electron chi connectivity index (χ0n) is 11.3. The number of hydrogen-bond donors (Lipinski definition) is 1. The van der Waals surface area contributed by atoms with Gasteiger partial charge >= 0.3 is 0 Å². The molecule has 1 aromatic carbocycles. The van der Waals surface area contributed by atoms with Crippen LogP contribution in [0.25, 0.3) is 0 Å². The maximum atomic E-state index is 4.43. The van der Waals surface area contributed by atoms with Crippen LogP contribution >= 0.6 is 0 Å². The average Bonchev–Trinajstić information content (AvgIpc) is 2.48. The molecule has 0 spiro atoms. The van der Waals surface area contributed by atoms with E-state index in [9.17, 15) is 0 Å². The van der Waals surface area contributed by atoms with Crippen LogP contribution in [0.4, 0.5) is 0 Å². The lowest BCUT2D eigenvalue weighted by molar-refractivity contribution is 0.461. The minimum absolute atomic E-state index is 0.203. The quantitative estimate of drug-likeness (QED) is 0.784. The predicted molar refractivity (Wildman–Crippen MR) is 79.8 cm³/mol. The van der Waals surface area contributed by atoms with Crippen molar-refractivity contribution in [3.05, 3.63) is 78.6 Å². The molecule has 0 aliphatic rings. The fourth-order valence-corrected chi connectivity index (χ4v) is 2.16. The second-order valence-electron chi connectivity index (χ2n) is 4.63. The molecule has 2 rings (SSSR count). The van der Waals surface area contributed by atoms with E-state index in [1.165, 1.54) is 5.56 Å². The second-order valence-corrected chi connectivity index (χ2v) is 4.63. The van der Waals surface area contributed by atoms with Crippen molar-refractivity contribution in [2.45, 2.75) is 25.4 Å². The summed E-state index contributed by atoms with van der Waals surface area (Å²) in [5.41, 5.74) is 2.35. The molecule has 2 atom stereocenters. The third kappa shape index (κ3) is 3.76. The largest absolute Gasteiger partial charge is 0.302 e. The first-order valence-electron chi connectivity index (χ1n) is 6.64. The average molecular weight is 252 g/mol. The van der Waals surface area contributed by atoms with Crippen molar-refractivity contribution in [2.75, 3.05) is 0 Å². The topological polar surface area (TPSA) is 24.9 Å². The van der Waals surface area contributed by atoms with Gasteiger partial charge in [0.05, 0.1) is 11.7 Å². The molecule has 2 heteroatoms. The monoisotopic (exact) mass is 252 g/mol. The van der Waals surface area contributed by atoms with Crippen LogP contribution in [0.1, 0.15) is 36.7 Å². The van der Waals surface area contributed by atoms with E-state index in [-0.39, 0.29) is 12.1 Å². The minimum atomic E-state index is 0.203. The van der Waals surface area contributed by atoms with Crippen LogP contribution in [0.3, 0.4) is 0 Å². The SMILES string of the molecule is C=CC[C@@H](N[C@@H](C)c1ccccc1)c1ccccn1. The summed E-state index contributed by atoms with van der Waals surface area (Å²) in [6.07, 6.45) is 4.64. The van der Waals surface area contributed by atoms with Crippen molar-refractivity contribution in [1.29, 1.82) is 0 Å². The summed E-state index contributed by atoms with van der Waals surface area (Å²) in [5, 5.41) is 3.62. The van der Waals surface area contributed by atoms with Crippen LogP contribution in [0.15, 0.2) is 67.4 Å². The fourth-order valence-electron chi connectivity index (χ4n) is 2.16. The molecule has 0 radical (unpaired) electrons. The molecule has 0 fully saturated rings. The van der Waals surface area contributed by atoms with Gasteiger partial charge in [0.2, 0.25) is 0 Å². The van der Waals surface area contributed by atoms with E-state index in [0.29, 0.717) is 0 Å². The van der Waals surface area contributed by atoms with Crippen LogP contribution in [-0.2, 0) is 0 Å². The van der Waals surface area contributed by atoms with Crippen molar-refractivity contribution in [3.63, 3.8) is 0 Å².